The zero-order valence-corrected chi connectivity index (χ0v) is 13.3. The summed E-state index contributed by atoms with van der Waals surface area (Å²) in [6, 6.07) is 8.69. The molecule has 22 heavy (non-hydrogen) atoms. The Bertz CT molecular complexity index is 710. The quantitative estimate of drug-likeness (QED) is 0.814. The molecule has 1 unspecified atom stereocenters. The molecule has 1 atom stereocenters. The van der Waals surface area contributed by atoms with Crippen LogP contribution < -0.4 is 4.90 Å². The van der Waals surface area contributed by atoms with Gasteiger partial charge in [-0.1, -0.05) is 30.0 Å². The fourth-order valence-electron chi connectivity index (χ4n) is 2.91. The molecule has 1 aromatic heterocycles. The summed E-state index contributed by atoms with van der Waals surface area (Å²) in [6.45, 7) is 2.73. The molecule has 1 aliphatic heterocycles. The van der Waals surface area contributed by atoms with E-state index in [0.717, 1.165) is 23.8 Å². The number of anilines is 1. The van der Waals surface area contributed by atoms with Crippen LogP contribution in [0.25, 0.3) is 0 Å². The summed E-state index contributed by atoms with van der Waals surface area (Å²) < 4.78 is 2.10. The first kappa shape index (κ1) is 13.8. The van der Waals surface area contributed by atoms with E-state index < -0.39 is 0 Å². The summed E-state index contributed by atoms with van der Waals surface area (Å²) in [5.74, 6) is 0.153. The highest BCUT2D eigenvalue weighted by Crippen LogP contribution is 2.38. The summed E-state index contributed by atoms with van der Waals surface area (Å²) in [6.07, 6.45) is 5.10. The molecule has 0 saturated heterocycles. The average molecular weight is 314 g/mol. The van der Waals surface area contributed by atoms with Crippen LogP contribution in [-0.2, 0) is 11.2 Å². The number of carbonyl (C=O) groups excluding carboxylic acids is 1. The molecule has 6 heteroatoms. The number of amides is 1. The average Bonchev–Trinajstić information content (AvgIpc) is 3.12. The van der Waals surface area contributed by atoms with E-state index in [1.54, 1.807) is 6.33 Å². The fourth-order valence-corrected chi connectivity index (χ4v) is 3.87. The Labute approximate surface area is 133 Å². The fraction of sp³-hybridized carbons (Fsp3) is 0.438. The van der Waals surface area contributed by atoms with Gasteiger partial charge in [-0.15, -0.1) is 10.2 Å². The van der Waals surface area contributed by atoms with Crippen molar-refractivity contribution in [2.24, 2.45) is 0 Å². The second-order valence-corrected chi connectivity index (χ2v) is 7.19. The van der Waals surface area contributed by atoms with E-state index in [2.05, 4.69) is 20.8 Å². The van der Waals surface area contributed by atoms with E-state index in [9.17, 15) is 4.79 Å². The van der Waals surface area contributed by atoms with E-state index in [-0.39, 0.29) is 11.2 Å². The van der Waals surface area contributed by atoms with Crippen molar-refractivity contribution in [3.8, 4) is 0 Å². The van der Waals surface area contributed by atoms with Crippen LogP contribution >= 0.6 is 11.8 Å². The van der Waals surface area contributed by atoms with Gasteiger partial charge in [-0.05, 0) is 37.8 Å². The Hall–Kier alpha value is -1.82. The third-order valence-corrected chi connectivity index (χ3v) is 5.32. The first-order valence-corrected chi connectivity index (χ1v) is 8.57. The molecule has 1 fully saturated rings. The van der Waals surface area contributed by atoms with Crippen molar-refractivity contribution in [1.29, 1.82) is 0 Å². The van der Waals surface area contributed by atoms with E-state index in [1.807, 2.05) is 30.0 Å². The topological polar surface area (TPSA) is 51.0 Å². The van der Waals surface area contributed by atoms with Crippen LogP contribution in [0.3, 0.4) is 0 Å². The number of carbonyl (C=O) groups is 1. The second-order valence-electron chi connectivity index (χ2n) is 5.88. The number of rotatable bonds is 4. The van der Waals surface area contributed by atoms with Crippen molar-refractivity contribution in [2.45, 2.75) is 42.6 Å². The van der Waals surface area contributed by atoms with Gasteiger partial charge in [0, 0.05) is 18.3 Å². The molecule has 1 amide bonds. The monoisotopic (exact) mass is 314 g/mol. The van der Waals surface area contributed by atoms with Crippen molar-refractivity contribution in [3.05, 3.63) is 36.2 Å². The first-order valence-electron chi connectivity index (χ1n) is 7.69. The van der Waals surface area contributed by atoms with E-state index in [0.29, 0.717) is 6.04 Å². The molecule has 1 aliphatic carbocycles. The van der Waals surface area contributed by atoms with Crippen molar-refractivity contribution >= 4 is 23.4 Å². The standard InChI is InChI=1S/C16H18N4OS/c1-11(22-16-18-17-10-20(16)13-6-7-13)15(21)19-9-8-12-4-2-3-5-14(12)19/h2-5,10-11,13H,6-9H2,1H3. The van der Waals surface area contributed by atoms with Crippen LogP contribution in [0.4, 0.5) is 5.69 Å². The number of hydrogen-bond acceptors (Lipinski definition) is 4. The van der Waals surface area contributed by atoms with E-state index in [1.165, 1.54) is 30.2 Å². The predicted molar refractivity (Wildman–Crippen MR) is 86.1 cm³/mol. The molecule has 114 valence electrons. The summed E-state index contributed by atoms with van der Waals surface area (Å²) in [5.41, 5.74) is 2.32. The molecule has 1 aromatic carbocycles. The summed E-state index contributed by atoms with van der Waals surface area (Å²) in [7, 11) is 0. The molecule has 0 spiro atoms. The van der Waals surface area contributed by atoms with Gasteiger partial charge in [0.15, 0.2) is 5.16 Å². The first-order chi connectivity index (χ1) is 10.7. The van der Waals surface area contributed by atoms with Crippen molar-refractivity contribution in [2.75, 3.05) is 11.4 Å². The van der Waals surface area contributed by atoms with Crippen LogP contribution in [0, 0.1) is 0 Å². The van der Waals surface area contributed by atoms with Gasteiger partial charge >= 0.3 is 0 Å². The minimum Gasteiger partial charge on any atom is -0.311 e. The van der Waals surface area contributed by atoms with E-state index >= 15 is 0 Å². The predicted octanol–water partition coefficient (Wildman–Crippen LogP) is 2.68. The van der Waals surface area contributed by atoms with Gasteiger partial charge < -0.3 is 9.47 Å². The summed E-state index contributed by atoms with van der Waals surface area (Å²) >= 11 is 1.51. The molecule has 1 saturated carbocycles. The second kappa shape index (κ2) is 5.43. The lowest BCUT2D eigenvalue weighted by Crippen LogP contribution is -2.35. The molecule has 0 radical (unpaired) electrons. The SMILES string of the molecule is CC(Sc1nncn1C1CC1)C(=O)N1CCc2ccccc21. The normalized spacial score (nSPS) is 18.3. The molecule has 5 nitrogen and oxygen atoms in total. The highest BCUT2D eigenvalue weighted by molar-refractivity contribution is 8.00. The highest BCUT2D eigenvalue weighted by atomic mass is 32.2. The van der Waals surface area contributed by atoms with Crippen molar-refractivity contribution in [1.82, 2.24) is 14.8 Å². The summed E-state index contributed by atoms with van der Waals surface area (Å²) in [4.78, 5) is 14.7. The minimum absolute atomic E-state index is 0.153. The van der Waals surface area contributed by atoms with Crippen LogP contribution in [0.15, 0.2) is 35.7 Å². The molecule has 0 bridgehead atoms. The Balaban J connectivity index is 1.50. The number of hydrogen-bond donors (Lipinski definition) is 0. The lowest BCUT2D eigenvalue weighted by molar-refractivity contribution is -0.117. The third-order valence-electron chi connectivity index (χ3n) is 4.26. The van der Waals surface area contributed by atoms with Gasteiger partial charge in [-0.2, -0.15) is 0 Å². The third kappa shape index (κ3) is 2.41. The molecule has 2 heterocycles. The van der Waals surface area contributed by atoms with Crippen LogP contribution in [0.1, 0.15) is 31.4 Å². The van der Waals surface area contributed by atoms with Gasteiger partial charge in [0.05, 0.1) is 5.25 Å². The Kier molecular flexibility index (Phi) is 3.41. The number of fused-ring (bicyclic) bond motifs is 1. The maximum Gasteiger partial charge on any atom is 0.240 e. The van der Waals surface area contributed by atoms with E-state index in [4.69, 9.17) is 0 Å². The van der Waals surface area contributed by atoms with Crippen molar-refractivity contribution < 1.29 is 4.79 Å². The number of thioether (sulfide) groups is 1. The maximum absolute atomic E-state index is 12.8. The number of para-hydroxylation sites is 1. The molecule has 2 aliphatic rings. The van der Waals surface area contributed by atoms with Gasteiger partial charge in [-0.3, -0.25) is 4.79 Å². The molecular formula is C16H18N4OS. The molecule has 0 N–H and O–H groups in total. The Morgan fingerprint density at radius 2 is 2.18 bits per heavy atom. The van der Waals surface area contributed by atoms with Gasteiger partial charge in [0.25, 0.3) is 0 Å². The van der Waals surface area contributed by atoms with Gasteiger partial charge in [0.2, 0.25) is 5.91 Å². The smallest absolute Gasteiger partial charge is 0.240 e. The Morgan fingerprint density at radius 1 is 1.36 bits per heavy atom. The van der Waals surface area contributed by atoms with Crippen LogP contribution in [0.5, 0.6) is 0 Å². The molecule has 2 aromatic rings. The minimum atomic E-state index is -0.159. The zero-order valence-electron chi connectivity index (χ0n) is 12.5. The lowest BCUT2D eigenvalue weighted by atomic mass is 10.2. The molecule has 4 rings (SSSR count). The Morgan fingerprint density at radius 3 is 3.00 bits per heavy atom. The number of nitrogens with zero attached hydrogens (tertiary/aromatic N) is 4. The van der Waals surface area contributed by atoms with Gasteiger partial charge in [-0.25, -0.2) is 0 Å². The summed E-state index contributed by atoms with van der Waals surface area (Å²) in [5, 5.41) is 8.87. The number of benzene rings is 1. The van der Waals surface area contributed by atoms with Gasteiger partial charge in [0.1, 0.15) is 6.33 Å². The van der Waals surface area contributed by atoms with Crippen LogP contribution in [-0.4, -0.2) is 32.5 Å². The van der Waals surface area contributed by atoms with Crippen molar-refractivity contribution in [3.63, 3.8) is 0 Å². The zero-order chi connectivity index (χ0) is 15.1. The van der Waals surface area contributed by atoms with Crippen LogP contribution in [0.2, 0.25) is 0 Å². The number of aromatic nitrogens is 3. The maximum atomic E-state index is 12.8. The lowest BCUT2D eigenvalue weighted by Gasteiger charge is -2.21. The largest absolute Gasteiger partial charge is 0.311 e. The highest BCUT2D eigenvalue weighted by Gasteiger charge is 2.31. The molecular weight excluding hydrogens is 296 g/mol.